The van der Waals surface area contributed by atoms with Crippen molar-refractivity contribution in [3.8, 4) is 0 Å². The molecule has 3 N–H and O–H groups in total. The van der Waals surface area contributed by atoms with Crippen LogP contribution in [0.1, 0.15) is 38.6 Å². The standard InChI is InChI=1S/C12H24N4/c1-4-11-8-12(16(5-2)15-11)9-14-10(3)6-7-13/h8,10,14H,4-7,9,13H2,1-3H3. The molecule has 0 aliphatic carbocycles. The fourth-order valence-electron chi connectivity index (χ4n) is 1.73. The molecule has 1 unspecified atom stereocenters. The van der Waals surface area contributed by atoms with Gasteiger partial charge in [-0.25, -0.2) is 0 Å². The average Bonchev–Trinajstić information content (AvgIpc) is 2.69. The Morgan fingerprint density at radius 3 is 2.81 bits per heavy atom. The van der Waals surface area contributed by atoms with E-state index in [0.29, 0.717) is 6.04 Å². The quantitative estimate of drug-likeness (QED) is 0.734. The van der Waals surface area contributed by atoms with Crippen molar-refractivity contribution in [3.05, 3.63) is 17.5 Å². The van der Waals surface area contributed by atoms with Crippen LogP contribution in [0.3, 0.4) is 0 Å². The predicted molar refractivity (Wildman–Crippen MR) is 67.3 cm³/mol. The summed E-state index contributed by atoms with van der Waals surface area (Å²) in [4.78, 5) is 0. The largest absolute Gasteiger partial charge is 0.330 e. The Bertz CT molecular complexity index is 306. The first-order valence-corrected chi connectivity index (χ1v) is 6.20. The highest BCUT2D eigenvalue weighted by atomic mass is 15.3. The molecule has 4 nitrogen and oxygen atoms in total. The van der Waals surface area contributed by atoms with Gasteiger partial charge in [0.25, 0.3) is 0 Å². The molecule has 0 spiro atoms. The van der Waals surface area contributed by atoms with Crippen molar-refractivity contribution in [2.45, 2.75) is 52.7 Å². The summed E-state index contributed by atoms with van der Waals surface area (Å²) in [6.07, 6.45) is 2.01. The minimum Gasteiger partial charge on any atom is -0.330 e. The summed E-state index contributed by atoms with van der Waals surface area (Å²) in [5.74, 6) is 0. The van der Waals surface area contributed by atoms with Crippen LogP contribution >= 0.6 is 0 Å². The fraction of sp³-hybridized carbons (Fsp3) is 0.750. The van der Waals surface area contributed by atoms with Gasteiger partial charge in [-0.3, -0.25) is 4.68 Å². The third kappa shape index (κ3) is 3.61. The van der Waals surface area contributed by atoms with Gasteiger partial charge in [-0.05, 0) is 39.3 Å². The molecule has 1 rings (SSSR count). The van der Waals surface area contributed by atoms with E-state index in [4.69, 9.17) is 5.73 Å². The van der Waals surface area contributed by atoms with Crippen LogP contribution in [-0.2, 0) is 19.5 Å². The summed E-state index contributed by atoms with van der Waals surface area (Å²) >= 11 is 0. The van der Waals surface area contributed by atoms with Crippen LogP contribution in [0.2, 0.25) is 0 Å². The molecule has 0 aromatic carbocycles. The number of aromatic nitrogens is 2. The summed E-state index contributed by atoms with van der Waals surface area (Å²) in [5, 5.41) is 7.99. The number of hydrogen-bond acceptors (Lipinski definition) is 3. The third-order valence-electron chi connectivity index (χ3n) is 2.81. The van der Waals surface area contributed by atoms with Gasteiger partial charge in [0, 0.05) is 19.1 Å². The number of nitrogens with zero attached hydrogens (tertiary/aromatic N) is 2. The second-order valence-corrected chi connectivity index (χ2v) is 4.16. The van der Waals surface area contributed by atoms with Crippen molar-refractivity contribution in [2.24, 2.45) is 5.73 Å². The maximum Gasteiger partial charge on any atom is 0.0625 e. The second-order valence-electron chi connectivity index (χ2n) is 4.16. The molecule has 4 heteroatoms. The van der Waals surface area contributed by atoms with Crippen molar-refractivity contribution < 1.29 is 0 Å². The summed E-state index contributed by atoms with van der Waals surface area (Å²) in [7, 11) is 0. The summed E-state index contributed by atoms with van der Waals surface area (Å²) < 4.78 is 2.07. The van der Waals surface area contributed by atoms with Crippen LogP contribution in [0.4, 0.5) is 0 Å². The van der Waals surface area contributed by atoms with E-state index in [0.717, 1.165) is 32.5 Å². The zero-order valence-electron chi connectivity index (χ0n) is 10.7. The first-order chi connectivity index (χ1) is 7.71. The average molecular weight is 224 g/mol. The van der Waals surface area contributed by atoms with Gasteiger partial charge in [0.05, 0.1) is 11.4 Å². The van der Waals surface area contributed by atoms with Crippen LogP contribution in [0.25, 0.3) is 0 Å². The maximum atomic E-state index is 5.52. The first kappa shape index (κ1) is 13.2. The van der Waals surface area contributed by atoms with Crippen LogP contribution in [0.15, 0.2) is 6.07 Å². The second kappa shape index (κ2) is 6.66. The van der Waals surface area contributed by atoms with Gasteiger partial charge in [0.2, 0.25) is 0 Å². The summed E-state index contributed by atoms with van der Waals surface area (Å²) in [5.41, 5.74) is 7.96. The van der Waals surface area contributed by atoms with E-state index in [-0.39, 0.29) is 0 Å². The van der Waals surface area contributed by atoms with Gasteiger partial charge >= 0.3 is 0 Å². The number of hydrogen-bond donors (Lipinski definition) is 2. The minimum atomic E-state index is 0.468. The zero-order valence-corrected chi connectivity index (χ0v) is 10.7. The lowest BCUT2D eigenvalue weighted by Crippen LogP contribution is -2.28. The molecule has 0 aliphatic rings. The molecule has 0 saturated carbocycles. The lowest BCUT2D eigenvalue weighted by molar-refractivity contribution is 0.496. The Hall–Kier alpha value is -0.870. The lowest BCUT2D eigenvalue weighted by Gasteiger charge is -2.12. The number of nitrogens with two attached hydrogens (primary N) is 1. The van der Waals surface area contributed by atoms with E-state index in [1.165, 1.54) is 11.4 Å². The highest BCUT2D eigenvalue weighted by molar-refractivity contribution is 5.10. The maximum absolute atomic E-state index is 5.52. The van der Waals surface area contributed by atoms with Crippen molar-refractivity contribution in [1.82, 2.24) is 15.1 Å². The molecule has 1 atom stereocenters. The van der Waals surface area contributed by atoms with Crippen LogP contribution in [0, 0.1) is 0 Å². The zero-order chi connectivity index (χ0) is 12.0. The Morgan fingerprint density at radius 2 is 2.25 bits per heavy atom. The minimum absolute atomic E-state index is 0.468. The molecule has 0 saturated heterocycles. The normalized spacial score (nSPS) is 13.0. The molecule has 0 fully saturated rings. The predicted octanol–water partition coefficient (Wildman–Crippen LogP) is 1.29. The van der Waals surface area contributed by atoms with Gasteiger partial charge in [-0.2, -0.15) is 5.10 Å². The van der Waals surface area contributed by atoms with Crippen molar-refractivity contribution in [1.29, 1.82) is 0 Å². The van der Waals surface area contributed by atoms with Gasteiger partial charge in [0.15, 0.2) is 0 Å². The summed E-state index contributed by atoms with van der Waals surface area (Å²) in [6.45, 7) is 8.97. The van der Waals surface area contributed by atoms with Gasteiger partial charge in [-0.15, -0.1) is 0 Å². The fourth-order valence-corrected chi connectivity index (χ4v) is 1.73. The van der Waals surface area contributed by atoms with Crippen LogP contribution < -0.4 is 11.1 Å². The van der Waals surface area contributed by atoms with Gasteiger partial charge in [-0.1, -0.05) is 6.92 Å². The molecular weight excluding hydrogens is 200 g/mol. The van der Waals surface area contributed by atoms with E-state index >= 15 is 0 Å². The molecule has 0 aliphatic heterocycles. The molecule has 92 valence electrons. The van der Waals surface area contributed by atoms with E-state index in [1.807, 2.05) is 0 Å². The molecule has 0 radical (unpaired) electrons. The van der Waals surface area contributed by atoms with Gasteiger partial charge < -0.3 is 11.1 Å². The number of rotatable bonds is 7. The summed E-state index contributed by atoms with van der Waals surface area (Å²) in [6, 6.07) is 2.65. The third-order valence-corrected chi connectivity index (χ3v) is 2.81. The van der Waals surface area contributed by atoms with Crippen LogP contribution in [0.5, 0.6) is 0 Å². The molecular formula is C12H24N4. The highest BCUT2D eigenvalue weighted by Crippen LogP contribution is 2.06. The lowest BCUT2D eigenvalue weighted by atomic mass is 10.2. The monoisotopic (exact) mass is 224 g/mol. The van der Waals surface area contributed by atoms with Crippen molar-refractivity contribution in [2.75, 3.05) is 6.54 Å². The van der Waals surface area contributed by atoms with E-state index in [2.05, 4.69) is 41.9 Å². The van der Waals surface area contributed by atoms with Gasteiger partial charge in [0.1, 0.15) is 0 Å². The van der Waals surface area contributed by atoms with E-state index in [1.54, 1.807) is 0 Å². The van der Waals surface area contributed by atoms with E-state index in [9.17, 15) is 0 Å². The molecule has 1 heterocycles. The highest BCUT2D eigenvalue weighted by Gasteiger charge is 2.06. The molecule has 1 aromatic rings. The molecule has 16 heavy (non-hydrogen) atoms. The van der Waals surface area contributed by atoms with Crippen LogP contribution in [-0.4, -0.2) is 22.4 Å². The Morgan fingerprint density at radius 1 is 1.50 bits per heavy atom. The molecule has 1 aromatic heterocycles. The number of nitrogens with one attached hydrogen (secondary N) is 1. The Kier molecular flexibility index (Phi) is 5.49. The van der Waals surface area contributed by atoms with Crippen molar-refractivity contribution >= 4 is 0 Å². The SMILES string of the molecule is CCc1cc(CNC(C)CCN)n(CC)n1. The molecule has 0 amide bonds. The Labute approximate surface area is 98.2 Å². The Balaban J connectivity index is 2.54. The van der Waals surface area contributed by atoms with E-state index < -0.39 is 0 Å². The first-order valence-electron chi connectivity index (χ1n) is 6.20. The number of aryl methyl sites for hydroxylation is 2. The topological polar surface area (TPSA) is 55.9 Å². The molecule has 0 bridgehead atoms. The smallest absolute Gasteiger partial charge is 0.0625 e. The van der Waals surface area contributed by atoms with Crippen molar-refractivity contribution in [3.63, 3.8) is 0 Å².